The third kappa shape index (κ3) is 4.97. The number of anilines is 1. The summed E-state index contributed by atoms with van der Waals surface area (Å²) in [7, 11) is 0. The van der Waals surface area contributed by atoms with Crippen molar-refractivity contribution in [2.75, 3.05) is 11.5 Å². The number of halogens is 1. The van der Waals surface area contributed by atoms with Gasteiger partial charge < -0.3 is 5.73 Å². The summed E-state index contributed by atoms with van der Waals surface area (Å²) in [6.45, 7) is 1.31. The number of amides is 2. The first kappa shape index (κ1) is 13.7. The van der Waals surface area contributed by atoms with Crippen molar-refractivity contribution in [3.8, 4) is 0 Å². The minimum atomic E-state index is -0.328. The molecule has 0 saturated carbocycles. The number of thioether (sulfide) groups is 1. The van der Waals surface area contributed by atoms with Crippen molar-refractivity contribution in [1.82, 2.24) is 10.9 Å². The van der Waals surface area contributed by atoms with E-state index in [2.05, 4.69) is 10.9 Å². The molecule has 2 amide bonds. The zero-order valence-corrected chi connectivity index (χ0v) is 10.7. The highest BCUT2D eigenvalue weighted by Gasteiger charge is 2.06. The van der Waals surface area contributed by atoms with E-state index in [-0.39, 0.29) is 17.6 Å². The number of hydrogen-bond acceptors (Lipinski definition) is 4. The van der Waals surface area contributed by atoms with Crippen LogP contribution in [0.3, 0.4) is 0 Å². The van der Waals surface area contributed by atoms with Gasteiger partial charge in [-0.2, -0.15) is 0 Å². The molecule has 1 rings (SSSR count). The highest BCUT2D eigenvalue weighted by molar-refractivity contribution is 8.00. The van der Waals surface area contributed by atoms with Crippen LogP contribution < -0.4 is 16.6 Å². The van der Waals surface area contributed by atoms with E-state index in [1.807, 2.05) is 0 Å². The third-order valence-corrected chi connectivity index (χ3v) is 3.02. The molecule has 0 fully saturated rings. The van der Waals surface area contributed by atoms with Crippen LogP contribution in [-0.2, 0) is 9.59 Å². The molecule has 1 aromatic carbocycles. The molecule has 0 saturated heterocycles. The normalized spacial score (nSPS) is 9.76. The van der Waals surface area contributed by atoms with Gasteiger partial charge in [0.2, 0.25) is 11.8 Å². The SMILES string of the molecule is CC(=O)NNC(=O)CSc1cc(Cl)ccc1N. The van der Waals surface area contributed by atoms with Crippen molar-refractivity contribution in [2.24, 2.45) is 0 Å². The van der Waals surface area contributed by atoms with Gasteiger partial charge in [-0.25, -0.2) is 0 Å². The lowest BCUT2D eigenvalue weighted by atomic mass is 10.3. The Balaban J connectivity index is 2.47. The van der Waals surface area contributed by atoms with E-state index in [1.54, 1.807) is 18.2 Å². The van der Waals surface area contributed by atoms with Crippen LogP contribution in [0.4, 0.5) is 5.69 Å². The molecule has 0 aliphatic carbocycles. The van der Waals surface area contributed by atoms with Crippen LogP contribution in [0.15, 0.2) is 23.1 Å². The fourth-order valence-corrected chi connectivity index (χ4v) is 2.01. The van der Waals surface area contributed by atoms with Crippen LogP contribution in [-0.4, -0.2) is 17.6 Å². The largest absolute Gasteiger partial charge is 0.398 e. The number of benzene rings is 1. The summed E-state index contributed by atoms with van der Waals surface area (Å²) in [4.78, 5) is 22.6. The molecule has 1 aromatic rings. The number of hydrazine groups is 1. The summed E-state index contributed by atoms with van der Waals surface area (Å²) in [6.07, 6.45) is 0. The van der Waals surface area contributed by atoms with Gasteiger partial charge in [0.05, 0.1) is 5.75 Å². The van der Waals surface area contributed by atoms with Crippen LogP contribution in [0, 0.1) is 0 Å². The van der Waals surface area contributed by atoms with E-state index < -0.39 is 0 Å². The van der Waals surface area contributed by atoms with E-state index in [4.69, 9.17) is 17.3 Å². The van der Waals surface area contributed by atoms with Gasteiger partial charge in [0.1, 0.15) is 0 Å². The monoisotopic (exact) mass is 273 g/mol. The molecule has 7 heteroatoms. The first-order chi connectivity index (χ1) is 7.99. The molecule has 0 aliphatic heterocycles. The maximum atomic E-state index is 11.3. The maximum absolute atomic E-state index is 11.3. The number of hydrogen-bond donors (Lipinski definition) is 3. The fraction of sp³-hybridized carbons (Fsp3) is 0.200. The Morgan fingerprint density at radius 1 is 1.41 bits per heavy atom. The quantitative estimate of drug-likeness (QED) is 0.439. The lowest BCUT2D eigenvalue weighted by molar-refractivity contribution is -0.126. The predicted molar refractivity (Wildman–Crippen MR) is 68.5 cm³/mol. The molecule has 0 bridgehead atoms. The topological polar surface area (TPSA) is 84.2 Å². The van der Waals surface area contributed by atoms with Gasteiger partial charge >= 0.3 is 0 Å². The van der Waals surface area contributed by atoms with Gasteiger partial charge in [0, 0.05) is 22.5 Å². The van der Waals surface area contributed by atoms with Crippen LogP contribution in [0.5, 0.6) is 0 Å². The van der Waals surface area contributed by atoms with Crippen molar-refractivity contribution < 1.29 is 9.59 Å². The molecule has 92 valence electrons. The molecule has 0 aromatic heterocycles. The molecule has 4 N–H and O–H groups in total. The maximum Gasteiger partial charge on any atom is 0.248 e. The third-order valence-electron chi connectivity index (χ3n) is 1.71. The standard InChI is InChI=1S/C10H12ClN3O2S/c1-6(15)13-14-10(16)5-17-9-4-7(11)2-3-8(9)12/h2-4H,5,12H2,1H3,(H,13,15)(H,14,16). The number of nitrogen functional groups attached to an aromatic ring is 1. The number of rotatable bonds is 3. The van der Waals surface area contributed by atoms with E-state index in [1.165, 1.54) is 18.7 Å². The van der Waals surface area contributed by atoms with Gasteiger partial charge in [0.25, 0.3) is 0 Å². The first-order valence-electron chi connectivity index (χ1n) is 4.72. The predicted octanol–water partition coefficient (Wildman–Crippen LogP) is 1.18. The number of carbonyl (C=O) groups is 2. The fourth-order valence-electron chi connectivity index (χ4n) is 0.970. The Kier molecular flexibility index (Phi) is 5.11. The van der Waals surface area contributed by atoms with Crippen molar-refractivity contribution in [3.05, 3.63) is 23.2 Å². The summed E-state index contributed by atoms with van der Waals surface area (Å²) in [6, 6.07) is 5.04. The summed E-state index contributed by atoms with van der Waals surface area (Å²) in [5, 5.41) is 0.559. The molecule has 0 aliphatic rings. The molecule has 0 radical (unpaired) electrons. The highest BCUT2D eigenvalue weighted by atomic mass is 35.5. The van der Waals surface area contributed by atoms with Gasteiger partial charge in [-0.15, -0.1) is 11.8 Å². The number of nitrogens with two attached hydrogens (primary N) is 1. The van der Waals surface area contributed by atoms with Gasteiger partial charge in [-0.3, -0.25) is 20.4 Å². The Hall–Kier alpha value is -1.40. The zero-order chi connectivity index (χ0) is 12.8. The average molecular weight is 274 g/mol. The van der Waals surface area contributed by atoms with Gasteiger partial charge in [-0.05, 0) is 18.2 Å². The van der Waals surface area contributed by atoms with Crippen molar-refractivity contribution in [2.45, 2.75) is 11.8 Å². The smallest absolute Gasteiger partial charge is 0.248 e. The molecular weight excluding hydrogens is 262 g/mol. The molecular formula is C10H12ClN3O2S. The molecule has 0 heterocycles. The molecule has 0 spiro atoms. The Morgan fingerprint density at radius 2 is 2.12 bits per heavy atom. The first-order valence-corrected chi connectivity index (χ1v) is 6.08. The lowest BCUT2D eigenvalue weighted by Gasteiger charge is -2.07. The molecule has 5 nitrogen and oxygen atoms in total. The minimum Gasteiger partial charge on any atom is -0.398 e. The molecule has 17 heavy (non-hydrogen) atoms. The second-order valence-corrected chi connectivity index (χ2v) is 4.65. The Morgan fingerprint density at radius 3 is 2.76 bits per heavy atom. The zero-order valence-electron chi connectivity index (χ0n) is 9.12. The van der Waals surface area contributed by atoms with Gasteiger partial charge in [-0.1, -0.05) is 11.6 Å². The number of carbonyl (C=O) groups excluding carboxylic acids is 2. The summed E-state index contributed by atoms with van der Waals surface area (Å²) < 4.78 is 0. The Labute approximate surface area is 108 Å². The van der Waals surface area contributed by atoms with Crippen LogP contribution >= 0.6 is 23.4 Å². The van der Waals surface area contributed by atoms with Gasteiger partial charge in [0.15, 0.2) is 0 Å². The molecule has 0 unspecified atom stereocenters. The van der Waals surface area contributed by atoms with E-state index in [9.17, 15) is 9.59 Å². The second-order valence-electron chi connectivity index (χ2n) is 3.20. The van der Waals surface area contributed by atoms with E-state index in [0.29, 0.717) is 10.7 Å². The van der Waals surface area contributed by atoms with Crippen LogP contribution in [0.2, 0.25) is 5.02 Å². The summed E-state index contributed by atoms with van der Waals surface area (Å²) in [5.41, 5.74) is 10.7. The van der Waals surface area contributed by atoms with Crippen molar-refractivity contribution in [1.29, 1.82) is 0 Å². The van der Waals surface area contributed by atoms with Crippen molar-refractivity contribution >= 4 is 40.9 Å². The van der Waals surface area contributed by atoms with E-state index in [0.717, 1.165) is 4.90 Å². The Bertz CT molecular complexity index is 440. The average Bonchev–Trinajstić information content (AvgIpc) is 2.27. The molecule has 0 atom stereocenters. The van der Waals surface area contributed by atoms with Crippen molar-refractivity contribution in [3.63, 3.8) is 0 Å². The summed E-state index contributed by atoms with van der Waals surface area (Å²) in [5.74, 6) is -0.500. The highest BCUT2D eigenvalue weighted by Crippen LogP contribution is 2.27. The second kappa shape index (κ2) is 6.36. The van der Waals surface area contributed by atoms with Crippen LogP contribution in [0.1, 0.15) is 6.92 Å². The minimum absolute atomic E-state index is 0.144. The number of nitrogens with one attached hydrogen (secondary N) is 2. The van der Waals surface area contributed by atoms with Crippen LogP contribution in [0.25, 0.3) is 0 Å². The lowest BCUT2D eigenvalue weighted by Crippen LogP contribution is -2.41. The van der Waals surface area contributed by atoms with E-state index >= 15 is 0 Å². The summed E-state index contributed by atoms with van der Waals surface area (Å²) >= 11 is 7.06.